The average Bonchev–Trinajstić information content (AvgIpc) is 3.35. The molecule has 3 aromatic carbocycles. The van der Waals surface area contributed by atoms with Gasteiger partial charge in [0.1, 0.15) is 5.75 Å². The fourth-order valence-corrected chi connectivity index (χ4v) is 5.17. The van der Waals surface area contributed by atoms with Crippen LogP contribution in [0, 0.1) is 6.92 Å². The Balaban J connectivity index is 1.50. The first-order valence-electron chi connectivity index (χ1n) is 12.4. The van der Waals surface area contributed by atoms with Gasteiger partial charge in [0.2, 0.25) is 0 Å². The zero-order valence-corrected chi connectivity index (χ0v) is 21.6. The number of fused-ring (bicyclic) bond motifs is 1. The molecule has 5 rings (SSSR count). The number of H-pyrrole nitrogens is 1. The third-order valence-corrected chi connectivity index (χ3v) is 7.38. The van der Waals surface area contributed by atoms with Gasteiger partial charge >= 0.3 is 0 Å². The first kappa shape index (κ1) is 24.3. The minimum absolute atomic E-state index is 0.00129. The molecule has 1 saturated carbocycles. The largest absolute Gasteiger partial charge is 0.493 e. The second-order valence-corrected chi connectivity index (χ2v) is 9.83. The van der Waals surface area contributed by atoms with Crippen LogP contribution in [-0.4, -0.2) is 46.7 Å². The molecule has 0 radical (unpaired) electrons. The van der Waals surface area contributed by atoms with Crippen molar-refractivity contribution in [2.24, 2.45) is 0 Å². The number of hydrogen-bond donors (Lipinski definition) is 2. The summed E-state index contributed by atoms with van der Waals surface area (Å²) in [5.41, 5.74) is 5.71. The summed E-state index contributed by atoms with van der Waals surface area (Å²) in [7, 11) is 1.98. The van der Waals surface area contributed by atoms with Gasteiger partial charge in [-0.05, 0) is 80.8 Å². The molecule has 7 heteroatoms. The van der Waals surface area contributed by atoms with Crippen LogP contribution in [0.2, 0.25) is 5.02 Å². The van der Waals surface area contributed by atoms with Gasteiger partial charge in [-0.3, -0.25) is 9.89 Å². The lowest BCUT2D eigenvalue weighted by molar-refractivity contribution is 0.0498. The number of aromatic nitrogens is 2. The molecule has 186 valence electrons. The van der Waals surface area contributed by atoms with Crippen molar-refractivity contribution in [2.75, 3.05) is 13.7 Å². The van der Waals surface area contributed by atoms with Crippen LogP contribution in [0.4, 0.5) is 0 Å². The highest BCUT2D eigenvalue weighted by molar-refractivity contribution is 6.30. The van der Waals surface area contributed by atoms with Crippen LogP contribution in [0.3, 0.4) is 0 Å². The summed E-state index contributed by atoms with van der Waals surface area (Å²) in [6, 6.07) is 18.2. The van der Waals surface area contributed by atoms with Crippen molar-refractivity contribution in [2.45, 2.75) is 45.3 Å². The Morgan fingerprint density at radius 1 is 1.19 bits per heavy atom. The molecule has 4 aromatic rings. The van der Waals surface area contributed by atoms with Gasteiger partial charge in [-0.1, -0.05) is 35.9 Å². The molecule has 0 spiro atoms. The number of aromatic amines is 1. The fraction of sp³-hybridized carbons (Fsp3) is 0.310. The fourth-order valence-electron chi connectivity index (χ4n) is 4.98. The molecular formula is C29H31ClN4O2. The van der Waals surface area contributed by atoms with Crippen molar-refractivity contribution in [3.8, 4) is 16.9 Å². The van der Waals surface area contributed by atoms with Gasteiger partial charge in [0.05, 0.1) is 18.3 Å². The van der Waals surface area contributed by atoms with Gasteiger partial charge in [-0.15, -0.1) is 0 Å². The number of nitrogens with zero attached hydrogens (tertiary/aromatic N) is 2. The molecule has 1 aromatic heterocycles. The minimum Gasteiger partial charge on any atom is -0.493 e. The first-order chi connectivity index (χ1) is 17.5. The predicted octanol–water partition coefficient (Wildman–Crippen LogP) is 5.98. The number of aryl methyl sites for hydroxylation is 1. The highest BCUT2D eigenvalue weighted by Gasteiger charge is 2.36. The van der Waals surface area contributed by atoms with Crippen LogP contribution in [0.25, 0.3) is 22.0 Å². The average molecular weight is 503 g/mol. The summed E-state index contributed by atoms with van der Waals surface area (Å²) in [5, 5.41) is 12.5. The molecule has 1 aliphatic rings. The molecule has 1 heterocycles. The van der Waals surface area contributed by atoms with E-state index in [9.17, 15) is 4.79 Å². The number of carbonyl (C=O) groups is 1. The van der Waals surface area contributed by atoms with Crippen molar-refractivity contribution in [3.63, 3.8) is 0 Å². The highest BCUT2D eigenvalue weighted by atomic mass is 35.5. The van der Waals surface area contributed by atoms with Crippen LogP contribution in [0.5, 0.6) is 5.75 Å². The minimum atomic E-state index is 0.00129. The van der Waals surface area contributed by atoms with Crippen molar-refractivity contribution >= 4 is 28.4 Å². The molecule has 1 aliphatic carbocycles. The van der Waals surface area contributed by atoms with Gasteiger partial charge in [0.15, 0.2) is 0 Å². The van der Waals surface area contributed by atoms with Gasteiger partial charge < -0.3 is 15.0 Å². The van der Waals surface area contributed by atoms with Crippen molar-refractivity contribution in [3.05, 3.63) is 82.5 Å². The summed E-state index contributed by atoms with van der Waals surface area (Å²) in [4.78, 5) is 16.0. The second-order valence-electron chi connectivity index (χ2n) is 9.40. The number of nitrogens with one attached hydrogen (secondary N) is 2. The van der Waals surface area contributed by atoms with E-state index in [1.165, 1.54) is 0 Å². The molecule has 0 bridgehead atoms. The third-order valence-electron chi connectivity index (χ3n) is 7.15. The van der Waals surface area contributed by atoms with E-state index < -0.39 is 0 Å². The Labute approximate surface area is 216 Å². The number of ether oxygens (including phenoxy) is 1. The smallest absolute Gasteiger partial charge is 0.254 e. The standard InChI is InChI=1S/C29H31ClN4O2/c1-4-36-27-13-20(10-11-25(27)19-6-5-7-22(30)12-19)29(35)34(24-14-23(15-24)31-3)17-21-9-8-18(2)26-16-32-33-28(21)26/h5-13,16,23-24,31H,4,14-15,17H2,1-3H3,(H,32,33). The number of halogens is 1. The van der Waals surface area contributed by atoms with Crippen molar-refractivity contribution in [1.29, 1.82) is 0 Å². The lowest BCUT2D eigenvalue weighted by atomic mass is 9.84. The normalized spacial score (nSPS) is 17.1. The van der Waals surface area contributed by atoms with E-state index in [1.807, 2.05) is 67.5 Å². The number of hydrogen-bond acceptors (Lipinski definition) is 4. The van der Waals surface area contributed by atoms with Crippen LogP contribution in [0.15, 0.2) is 60.8 Å². The molecular weight excluding hydrogens is 472 g/mol. The molecule has 0 saturated heterocycles. The molecule has 0 aliphatic heterocycles. The topological polar surface area (TPSA) is 70.2 Å². The quantitative estimate of drug-likeness (QED) is 0.311. The van der Waals surface area contributed by atoms with Crippen LogP contribution >= 0.6 is 11.6 Å². The van der Waals surface area contributed by atoms with Crippen LogP contribution in [-0.2, 0) is 6.54 Å². The lowest BCUT2D eigenvalue weighted by Gasteiger charge is -2.43. The predicted molar refractivity (Wildman–Crippen MR) is 145 cm³/mol. The maximum atomic E-state index is 14.0. The van der Waals surface area contributed by atoms with Crippen LogP contribution in [0.1, 0.15) is 41.3 Å². The number of benzene rings is 3. The van der Waals surface area contributed by atoms with E-state index in [1.54, 1.807) is 0 Å². The lowest BCUT2D eigenvalue weighted by Crippen LogP contribution is -2.53. The SMILES string of the molecule is CCOc1cc(C(=O)N(Cc2ccc(C)c3cn[nH]c23)C2CC(NC)C2)ccc1-c1cccc(Cl)c1. The Kier molecular flexibility index (Phi) is 6.99. The van der Waals surface area contributed by atoms with E-state index in [4.69, 9.17) is 16.3 Å². The summed E-state index contributed by atoms with van der Waals surface area (Å²) in [6.07, 6.45) is 3.71. The molecule has 1 amide bonds. The van der Waals surface area contributed by atoms with Crippen LogP contribution < -0.4 is 10.1 Å². The summed E-state index contributed by atoms with van der Waals surface area (Å²) in [5.74, 6) is 0.681. The van der Waals surface area contributed by atoms with Gasteiger partial charge in [0.25, 0.3) is 5.91 Å². The Hall–Kier alpha value is -3.35. The Morgan fingerprint density at radius 3 is 2.78 bits per heavy atom. The molecule has 0 unspecified atom stereocenters. The molecule has 36 heavy (non-hydrogen) atoms. The van der Waals surface area contributed by atoms with E-state index in [2.05, 4.69) is 34.6 Å². The van der Waals surface area contributed by atoms with E-state index >= 15 is 0 Å². The van der Waals surface area contributed by atoms with Gasteiger partial charge in [-0.25, -0.2) is 0 Å². The van der Waals surface area contributed by atoms with E-state index in [0.29, 0.717) is 35.5 Å². The number of amides is 1. The maximum Gasteiger partial charge on any atom is 0.254 e. The number of rotatable bonds is 8. The maximum absolute atomic E-state index is 14.0. The zero-order chi connectivity index (χ0) is 25.2. The molecule has 2 N–H and O–H groups in total. The molecule has 0 atom stereocenters. The van der Waals surface area contributed by atoms with Crippen molar-refractivity contribution in [1.82, 2.24) is 20.4 Å². The van der Waals surface area contributed by atoms with E-state index in [0.717, 1.165) is 46.0 Å². The van der Waals surface area contributed by atoms with Gasteiger partial charge in [-0.2, -0.15) is 5.10 Å². The number of carbonyl (C=O) groups excluding carboxylic acids is 1. The Bertz CT molecular complexity index is 1390. The first-order valence-corrected chi connectivity index (χ1v) is 12.8. The summed E-state index contributed by atoms with van der Waals surface area (Å²) >= 11 is 6.23. The second kappa shape index (κ2) is 10.3. The summed E-state index contributed by atoms with van der Waals surface area (Å²) < 4.78 is 5.98. The molecule has 1 fully saturated rings. The monoisotopic (exact) mass is 502 g/mol. The highest BCUT2D eigenvalue weighted by Crippen LogP contribution is 2.35. The third kappa shape index (κ3) is 4.71. The van der Waals surface area contributed by atoms with Crippen molar-refractivity contribution < 1.29 is 9.53 Å². The summed E-state index contributed by atoms with van der Waals surface area (Å²) in [6.45, 7) is 5.04. The molecule has 6 nitrogen and oxygen atoms in total. The Morgan fingerprint density at radius 2 is 2.03 bits per heavy atom. The zero-order valence-electron chi connectivity index (χ0n) is 20.8. The van der Waals surface area contributed by atoms with Gasteiger partial charge in [0, 0.05) is 40.2 Å². The van der Waals surface area contributed by atoms with E-state index in [-0.39, 0.29) is 11.9 Å².